The van der Waals surface area contributed by atoms with Crippen LogP contribution in [0.1, 0.15) is 5.82 Å². The Labute approximate surface area is 67.9 Å². The van der Waals surface area contributed by atoms with Crippen LogP contribution in [-0.4, -0.2) is 38.4 Å². The van der Waals surface area contributed by atoms with Crippen molar-refractivity contribution < 1.29 is 14.6 Å². The van der Waals surface area contributed by atoms with Gasteiger partial charge < -0.3 is 9.84 Å². The molecule has 0 aliphatic heterocycles. The Balaban J connectivity index is 2.69. The van der Waals surface area contributed by atoms with Crippen molar-refractivity contribution in [2.45, 2.75) is 13.2 Å². The van der Waals surface area contributed by atoms with Gasteiger partial charge in [-0.1, -0.05) is 0 Å². The fourth-order valence-electron chi connectivity index (χ4n) is 0.708. The van der Waals surface area contributed by atoms with Crippen molar-refractivity contribution in [3.05, 3.63) is 5.82 Å². The number of hydrogen-bond donors (Lipinski definition) is 1. The van der Waals surface area contributed by atoms with Gasteiger partial charge in [0.1, 0.15) is 13.2 Å². The van der Waals surface area contributed by atoms with Gasteiger partial charge in [0.25, 0.3) is 0 Å². The number of carboxylic acid groups (broad SMARTS) is 1. The summed E-state index contributed by atoms with van der Waals surface area (Å²) >= 11 is 0. The normalized spacial score (nSPS) is 10.1. The van der Waals surface area contributed by atoms with Crippen molar-refractivity contribution in [1.82, 2.24) is 20.2 Å². The molecule has 0 amide bonds. The van der Waals surface area contributed by atoms with Crippen LogP contribution in [0.5, 0.6) is 0 Å². The van der Waals surface area contributed by atoms with Crippen molar-refractivity contribution in [3.8, 4) is 0 Å². The van der Waals surface area contributed by atoms with Crippen molar-refractivity contribution in [3.63, 3.8) is 0 Å². The van der Waals surface area contributed by atoms with Gasteiger partial charge in [0.2, 0.25) is 0 Å². The number of aliphatic carboxylic acids is 1. The van der Waals surface area contributed by atoms with E-state index < -0.39 is 5.97 Å². The van der Waals surface area contributed by atoms with Gasteiger partial charge in [-0.3, -0.25) is 4.79 Å². The van der Waals surface area contributed by atoms with Gasteiger partial charge in [-0.25, -0.2) is 4.68 Å². The number of tetrazole rings is 1. The van der Waals surface area contributed by atoms with E-state index in [9.17, 15) is 4.79 Å². The first-order chi connectivity index (χ1) is 5.74. The van der Waals surface area contributed by atoms with Crippen LogP contribution in [0.2, 0.25) is 0 Å². The third-order valence-corrected chi connectivity index (χ3v) is 1.17. The molecule has 0 atom stereocenters. The highest BCUT2D eigenvalue weighted by Crippen LogP contribution is 1.93. The summed E-state index contributed by atoms with van der Waals surface area (Å²) in [6.07, 6.45) is -0.198. The molecule has 1 heterocycles. The number of carbonyl (C=O) groups is 1. The van der Waals surface area contributed by atoms with Gasteiger partial charge in [-0.05, 0) is 10.4 Å². The topological polar surface area (TPSA) is 90.1 Å². The lowest BCUT2D eigenvalue weighted by Crippen LogP contribution is -2.11. The van der Waals surface area contributed by atoms with Crippen LogP contribution in [0.4, 0.5) is 0 Å². The summed E-state index contributed by atoms with van der Waals surface area (Å²) in [5.74, 6) is -0.688. The Kier molecular flexibility index (Phi) is 2.70. The summed E-state index contributed by atoms with van der Waals surface area (Å²) in [7, 11) is 1.48. The molecule has 12 heavy (non-hydrogen) atoms. The number of methoxy groups -OCH3 is 1. The Morgan fingerprint density at radius 1 is 1.75 bits per heavy atom. The molecule has 0 aromatic carbocycles. The number of hydrogen-bond acceptors (Lipinski definition) is 5. The second kappa shape index (κ2) is 3.77. The van der Waals surface area contributed by atoms with E-state index in [4.69, 9.17) is 9.84 Å². The molecular formula is C5H8N4O3. The van der Waals surface area contributed by atoms with Gasteiger partial charge in [0.15, 0.2) is 5.82 Å². The predicted octanol–water partition coefficient (Wildman–Crippen LogP) is -1.10. The highest BCUT2D eigenvalue weighted by Gasteiger charge is 2.08. The standard InChI is InChI=1S/C5H8N4O3/c1-12-3-9-4(2-5(10)11)6-7-8-9/h2-3H2,1H3,(H,10,11). The molecule has 0 saturated heterocycles. The number of aromatic nitrogens is 4. The largest absolute Gasteiger partial charge is 0.481 e. The lowest BCUT2D eigenvalue weighted by atomic mass is 10.4. The minimum atomic E-state index is -0.970. The zero-order chi connectivity index (χ0) is 8.97. The smallest absolute Gasteiger partial charge is 0.311 e. The Bertz CT molecular complexity index is 271. The monoisotopic (exact) mass is 172 g/mol. The molecule has 1 aromatic rings. The summed E-state index contributed by atoms with van der Waals surface area (Å²) in [4.78, 5) is 10.3. The van der Waals surface area contributed by atoms with Crippen LogP contribution in [-0.2, 0) is 22.7 Å². The minimum Gasteiger partial charge on any atom is -0.481 e. The predicted molar refractivity (Wildman–Crippen MR) is 36.2 cm³/mol. The first-order valence-electron chi connectivity index (χ1n) is 3.20. The number of nitrogens with zero attached hydrogens (tertiary/aromatic N) is 4. The summed E-state index contributed by atoms with van der Waals surface area (Å²) in [6, 6.07) is 0. The Hall–Kier alpha value is -1.50. The van der Waals surface area contributed by atoms with Crippen LogP contribution >= 0.6 is 0 Å². The molecule has 7 heteroatoms. The third-order valence-electron chi connectivity index (χ3n) is 1.17. The van der Waals surface area contributed by atoms with E-state index >= 15 is 0 Å². The molecule has 0 spiro atoms. The van der Waals surface area contributed by atoms with Gasteiger partial charge in [0, 0.05) is 7.11 Å². The van der Waals surface area contributed by atoms with Gasteiger partial charge in [-0.15, -0.1) is 5.10 Å². The molecular weight excluding hydrogens is 164 g/mol. The van der Waals surface area contributed by atoms with E-state index in [1.165, 1.54) is 11.8 Å². The highest BCUT2D eigenvalue weighted by molar-refractivity contribution is 5.68. The Morgan fingerprint density at radius 2 is 2.50 bits per heavy atom. The second-order valence-electron chi connectivity index (χ2n) is 2.08. The van der Waals surface area contributed by atoms with Crippen molar-refractivity contribution in [2.24, 2.45) is 0 Å². The fourth-order valence-corrected chi connectivity index (χ4v) is 0.708. The lowest BCUT2D eigenvalue weighted by Gasteiger charge is -1.99. The first-order valence-corrected chi connectivity index (χ1v) is 3.20. The van der Waals surface area contributed by atoms with Crippen LogP contribution in [0.25, 0.3) is 0 Å². The fraction of sp³-hybridized carbons (Fsp3) is 0.600. The maximum absolute atomic E-state index is 10.3. The van der Waals surface area contributed by atoms with E-state index in [0.29, 0.717) is 0 Å². The molecule has 0 fully saturated rings. The van der Waals surface area contributed by atoms with Crippen LogP contribution in [0.15, 0.2) is 0 Å². The zero-order valence-corrected chi connectivity index (χ0v) is 6.47. The molecule has 0 unspecified atom stereocenters. The zero-order valence-electron chi connectivity index (χ0n) is 6.47. The molecule has 7 nitrogen and oxygen atoms in total. The third kappa shape index (κ3) is 1.99. The van der Waals surface area contributed by atoms with Crippen molar-refractivity contribution >= 4 is 5.97 Å². The van der Waals surface area contributed by atoms with E-state index in [0.717, 1.165) is 0 Å². The van der Waals surface area contributed by atoms with Crippen molar-refractivity contribution in [1.29, 1.82) is 0 Å². The first kappa shape index (κ1) is 8.60. The summed E-state index contributed by atoms with van der Waals surface area (Å²) in [5.41, 5.74) is 0. The van der Waals surface area contributed by atoms with E-state index in [1.807, 2.05) is 0 Å². The second-order valence-corrected chi connectivity index (χ2v) is 2.08. The summed E-state index contributed by atoms with van der Waals surface area (Å²) < 4.78 is 6.02. The molecule has 0 bridgehead atoms. The molecule has 1 aromatic heterocycles. The molecule has 1 N–H and O–H groups in total. The van der Waals surface area contributed by atoms with Crippen molar-refractivity contribution in [2.75, 3.05) is 7.11 Å². The molecule has 66 valence electrons. The maximum Gasteiger partial charge on any atom is 0.311 e. The molecule has 1 rings (SSSR count). The molecule has 0 saturated carbocycles. The SMILES string of the molecule is COCn1nnnc1CC(=O)O. The van der Waals surface area contributed by atoms with Gasteiger partial charge in [-0.2, -0.15) is 0 Å². The average molecular weight is 172 g/mol. The molecule has 0 aliphatic rings. The highest BCUT2D eigenvalue weighted by atomic mass is 16.5. The van der Waals surface area contributed by atoms with Crippen LogP contribution in [0.3, 0.4) is 0 Å². The quantitative estimate of drug-likeness (QED) is 0.620. The number of carboxylic acids is 1. The van der Waals surface area contributed by atoms with Crippen LogP contribution in [0, 0.1) is 0 Å². The number of rotatable bonds is 4. The lowest BCUT2D eigenvalue weighted by molar-refractivity contribution is -0.136. The minimum absolute atomic E-state index is 0.162. The van der Waals surface area contributed by atoms with E-state index in [1.54, 1.807) is 0 Å². The van der Waals surface area contributed by atoms with Crippen LogP contribution < -0.4 is 0 Å². The molecule has 0 radical (unpaired) electrons. The van der Waals surface area contributed by atoms with E-state index in [-0.39, 0.29) is 19.0 Å². The summed E-state index contributed by atoms with van der Waals surface area (Å²) in [5, 5.41) is 18.8. The van der Waals surface area contributed by atoms with Gasteiger partial charge in [0.05, 0.1) is 0 Å². The average Bonchev–Trinajstić information content (AvgIpc) is 2.37. The maximum atomic E-state index is 10.3. The summed E-state index contributed by atoms with van der Waals surface area (Å²) in [6.45, 7) is 0.162. The van der Waals surface area contributed by atoms with E-state index in [2.05, 4.69) is 15.5 Å². The van der Waals surface area contributed by atoms with Gasteiger partial charge >= 0.3 is 5.97 Å². The number of ether oxygens (including phenoxy) is 1. The molecule has 0 aliphatic carbocycles. The Morgan fingerprint density at radius 3 is 3.08 bits per heavy atom.